The van der Waals surface area contributed by atoms with Gasteiger partial charge in [-0.3, -0.25) is 9.59 Å². The van der Waals surface area contributed by atoms with Crippen LogP contribution in [-0.2, 0) is 22.6 Å². The van der Waals surface area contributed by atoms with E-state index in [4.69, 9.17) is 16.3 Å². The molecule has 1 atom stereocenters. The summed E-state index contributed by atoms with van der Waals surface area (Å²) in [6.45, 7) is 6.92. The van der Waals surface area contributed by atoms with Crippen molar-refractivity contribution in [2.24, 2.45) is 5.92 Å². The van der Waals surface area contributed by atoms with Gasteiger partial charge < -0.3 is 15.0 Å². The first-order valence-electron chi connectivity index (χ1n) is 10.3. The second-order valence-electron chi connectivity index (χ2n) is 7.74. The lowest BCUT2D eigenvalue weighted by atomic mass is 10.1. The Balaban J connectivity index is 2.27. The van der Waals surface area contributed by atoms with E-state index in [0.29, 0.717) is 30.5 Å². The van der Waals surface area contributed by atoms with Crippen molar-refractivity contribution < 1.29 is 14.3 Å². The molecule has 0 aliphatic heterocycles. The maximum atomic E-state index is 13.3. The van der Waals surface area contributed by atoms with E-state index in [1.165, 1.54) is 0 Å². The van der Waals surface area contributed by atoms with Crippen LogP contribution in [0.25, 0.3) is 0 Å². The van der Waals surface area contributed by atoms with Gasteiger partial charge in [-0.05, 0) is 47.7 Å². The zero-order valence-electron chi connectivity index (χ0n) is 18.2. The number of benzene rings is 2. The Kier molecular flexibility index (Phi) is 9.18. The molecule has 0 spiro atoms. The number of carbonyl (C=O) groups is 2. The number of nitrogens with one attached hydrogen (secondary N) is 1. The normalized spacial score (nSPS) is 11.8. The molecule has 0 aliphatic rings. The quantitative estimate of drug-likeness (QED) is 0.605. The van der Waals surface area contributed by atoms with Gasteiger partial charge in [0.15, 0.2) is 0 Å². The lowest BCUT2D eigenvalue weighted by Crippen LogP contribution is -2.50. The molecule has 2 aromatic rings. The van der Waals surface area contributed by atoms with E-state index in [2.05, 4.69) is 5.32 Å². The van der Waals surface area contributed by atoms with Crippen LogP contribution in [0.5, 0.6) is 5.75 Å². The van der Waals surface area contributed by atoms with Crippen molar-refractivity contribution in [2.75, 3.05) is 13.7 Å². The Morgan fingerprint density at radius 3 is 2.40 bits per heavy atom. The summed E-state index contributed by atoms with van der Waals surface area (Å²) in [7, 11) is 1.61. The van der Waals surface area contributed by atoms with E-state index in [0.717, 1.165) is 16.9 Å². The Labute approximate surface area is 184 Å². The number of methoxy groups -OCH3 is 1. The van der Waals surface area contributed by atoms with E-state index < -0.39 is 6.04 Å². The standard InChI is InChI=1S/C24H31ClN2O3/c1-5-22(24(29)26-15-17(2)3)27(16-19-7-6-8-21(13-19)30-4)23(28)14-18-9-11-20(25)12-10-18/h6-13,17,22H,5,14-16H2,1-4H3,(H,26,29). The summed E-state index contributed by atoms with van der Waals surface area (Å²) in [6.07, 6.45) is 0.732. The predicted molar refractivity (Wildman–Crippen MR) is 121 cm³/mol. The summed E-state index contributed by atoms with van der Waals surface area (Å²) in [5.74, 6) is 0.822. The largest absolute Gasteiger partial charge is 0.497 e. The van der Waals surface area contributed by atoms with Gasteiger partial charge in [0, 0.05) is 18.1 Å². The second-order valence-corrected chi connectivity index (χ2v) is 8.18. The molecule has 0 saturated heterocycles. The fourth-order valence-electron chi connectivity index (χ4n) is 3.19. The van der Waals surface area contributed by atoms with Crippen molar-refractivity contribution in [1.82, 2.24) is 10.2 Å². The summed E-state index contributed by atoms with van der Waals surface area (Å²) in [6, 6.07) is 14.2. The molecule has 6 heteroatoms. The molecule has 0 fully saturated rings. The molecular weight excluding hydrogens is 400 g/mol. The molecule has 0 radical (unpaired) electrons. The van der Waals surface area contributed by atoms with Crippen LogP contribution in [0.4, 0.5) is 0 Å². The molecule has 1 N–H and O–H groups in total. The highest BCUT2D eigenvalue weighted by Gasteiger charge is 2.28. The van der Waals surface area contributed by atoms with Gasteiger partial charge in [0.2, 0.25) is 11.8 Å². The first-order valence-corrected chi connectivity index (χ1v) is 10.7. The van der Waals surface area contributed by atoms with Crippen molar-refractivity contribution in [3.8, 4) is 5.75 Å². The van der Waals surface area contributed by atoms with E-state index in [9.17, 15) is 9.59 Å². The minimum absolute atomic E-state index is 0.105. The van der Waals surface area contributed by atoms with Gasteiger partial charge in [0.05, 0.1) is 13.5 Å². The summed E-state index contributed by atoms with van der Waals surface area (Å²) >= 11 is 5.96. The molecule has 0 heterocycles. The number of amides is 2. The van der Waals surface area contributed by atoms with Gasteiger partial charge in [-0.2, -0.15) is 0 Å². The molecular formula is C24H31ClN2O3. The van der Waals surface area contributed by atoms with Gasteiger partial charge in [-0.25, -0.2) is 0 Å². The summed E-state index contributed by atoms with van der Waals surface area (Å²) in [5, 5.41) is 3.60. The van der Waals surface area contributed by atoms with Crippen LogP contribution in [0.2, 0.25) is 5.02 Å². The molecule has 30 heavy (non-hydrogen) atoms. The van der Waals surface area contributed by atoms with E-state index >= 15 is 0 Å². The lowest BCUT2D eigenvalue weighted by Gasteiger charge is -2.31. The van der Waals surface area contributed by atoms with E-state index in [1.807, 2.05) is 57.2 Å². The minimum Gasteiger partial charge on any atom is -0.497 e. The van der Waals surface area contributed by atoms with Crippen LogP contribution in [0.1, 0.15) is 38.3 Å². The Hall–Kier alpha value is -2.53. The number of rotatable bonds is 10. The highest BCUT2D eigenvalue weighted by Crippen LogP contribution is 2.19. The molecule has 162 valence electrons. The second kappa shape index (κ2) is 11.6. The SMILES string of the molecule is CCC(C(=O)NCC(C)C)N(Cc1cccc(OC)c1)C(=O)Cc1ccc(Cl)cc1. The highest BCUT2D eigenvalue weighted by atomic mass is 35.5. The average Bonchev–Trinajstić information content (AvgIpc) is 2.73. The fourth-order valence-corrected chi connectivity index (χ4v) is 3.31. The number of hydrogen-bond donors (Lipinski definition) is 1. The number of halogens is 1. The number of carbonyl (C=O) groups excluding carboxylic acids is 2. The van der Waals surface area contributed by atoms with E-state index in [1.54, 1.807) is 24.1 Å². The first kappa shape index (κ1) is 23.7. The Morgan fingerprint density at radius 2 is 1.80 bits per heavy atom. The van der Waals surface area contributed by atoms with Crippen LogP contribution < -0.4 is 10.1 Å². The maximum Gasteiger partial charge on any atom is 0.242 e. The summed E-state index contributed by atoms with van der Waals surface area (Å²) in [5.41, 5.74) is 1.77. The van der Waals surface area contributed by atoms with Gasteiger partial charge in [0.25, 0.3) is 0 Å². The molecule has 1 unspecified atom stereocenters. The van der Waals surface area contributed by atoms with Crippen molar-refractivity contribution in [1.29, 1.82) is 0 Å². The van der Waals surface area contributed by atoms with Crippen molar-refractivity contribution in [3.05, 3.63) is 64.7 Å². The number of nitrogens with zero attached hydrogens (tertiary/aromatic N) is 1. The van der Waals surface area contributed by atoms with Gasteiger partial charge in [-0.15, -0.1) is 0 Å². The van der Waals surface area contributed by atoms with E-state index in [-0.39, 0.29) is 18.2 Å². The number of hydrogen-bond acceptors (Lipinski definition) is 3. The molecule has 2 rings (SSSR count). The topological polar surface area (TPSA) is 58.6 Å². The third-order valence-electron chi connectivity index (χ3n) is 4.83. The molecule has 0 bridgehead atoms. The molecule has 2 amide bonds. The third kappa shape index (κ3) is 7.06. The minimum atomic E-state index is -0.547. The Bertz CT molecular complexity index is 837. The van der Waals surface area contributed by atoms with Gasteiger partial charge in [-0.1, -0.05) is 56.6 Å². The van der Waals surface area contributed by atoms with Gasteiger partial charge >= 0.3 is 0 Å². The zero-order chi connectivity index (χ0) is 22.1. The third-order valence-corrected chi connectivity index (χ3v) is 5.08. The lowest BCUT2D eigenvalue weighted by molar-refractivity contribution is -0.141. The average molecular weight is 431 g/mol. The predicted octanol–water partition coefficient (Wildman–Crippen LogP) is 4.47. The molecule has 5 nitrogen and oxygen atoms in total. The molecule has 0 saturated carbocycles. The first-order chi connectivity index (χ1) is 14.3. The van der Waals surface area contributed by atoms with Gasteiger partial charge in [0.1, 0.15) is 11.8 Å². The van der Waals surface area contributed by atoms with Crippen molar-refractivity contribution in [2.45, 2.75) is 46.2 Å². The van der Waals surface area contributed by atoms with Crippen LogP contribution in [0, 0.1) is 5.92 Å². The molecule has 0 aliphatic carbocycles. The molecule has 2 aromatic carbocycles. The van der Waals surface area contributed by atoms with Crippen LogP contribution in [-0.4, -0.2) is 36.4 Å². The zero-order valence-corrected chi connectivity index (χ0v) is 18.9. The fraction of sp³-hybridized carbons (Fsp3) is 0.417. The van der Waals surface area contributed by atoms with Crippen LogP contribution in [0.3, 0.4) is 0 Å². The smallest absolute Gasteiger partial charge is 0.242 e. The van der Waals surface area contributed by atoms with Crippen molar-refractivity contribution >= 4 is 23.4 Å². The van der Waals surface area contributed by atoms with Crippen LogP contribution >= 0.6 is 11.6 Å². The summed E-state index contributed by atoms with van der Waals surface area (Å²) in [4.78, 5) is 27.8. The Morgan fingerprint density at radius 1 is 1.10 bits per heavy atom. The van der Waals surface area contributed by atoms with Crippen molar-refractivity contribution in [3.63, 3.8) is 0 Å². The number of ether oxygens (including phenoxy) is 1. The van der Waals surface area contributed by atoms with Crippen LogP contribution in [0.15, 0.2) is 48.5 Å². The summed E-state index contributed by atoms with van der Waals surface area (Å²) < 4.78 is 5.31. The monoisotopic (exact) mass is 430 g/mol. The highest BCUT2D eigenvalue weighted by molar-refractivity contribution is 6.30. The molecule has 0 aromatic heterocycles. The maximum absolute atomic E-state index is 13.3.